The van der Waals surface area contributed by atoms with Crippen LogP contribution in [0.25, 0.3) is 11.4 Å². The second kappa shape index (κ2) is 8.02. The first-order valence-corrected chi connectivity index (χ1v) is 9.57. The van der Waals surface area contributed by atoms with Gasteiger partial charge in [-0.1, -0.05) is 0 Å². The lowest BCUT2D eigenvalue weighted by Crippen LogP contribution is -2.32. The Balaban J connectivity index is 1.90. The quantitative estimate of drug-likeness (QED) is 0.629. The van der Waals surface area contributed by atoms with E-state index in [0.717, 1.165) is 11.3 Å². The molecule has 1 aliphatic rings. The summed E-state index contributed by atoms with van der Waals surface area (Å²) in [7, 11) is 4.75. The first kappa shape index (κ1) is 20.3. The number of benzene rings is 2. The van der Waals surface area contributed by atoms with Crippen LogP contribution in [0.2, 0.25) is 0 Å². The molecule has 0 saturated heterocycles. The molecule has 1 aliphatic heterocycles. The van der Waals surface area contributed by atoms with E-state index in [0.29, 0.717) is 40.1 Å². The molecule has 9 heteroatoms. The van der Waals surface area contributed by atoms with Gasteiger partial charge in [-0.25, -0.2) is 4.68 Å². The summed E-state index contributed by atoms with van der Waals surface area (Å²) in [6, 6.07) is 12.2. The maximum absolute atomic E-state index is 12.4. The van der Waals surface area contributed by atoms with Crippen molar-refractivity contribution in [1.82, 2.24) is 14.8 Å². The van der Waals surface area contributed by atoms with Crippen LogP contribution in [0.5, 0.6) is 17.2 Å². The van der Waals surface area contributed by atoms with Gasteiger partial charge in [0.05, 0.1) is 26.9 Å². The standard InChI is InChI=1S/C22H23N5O4/c1-12-18(20(23)28)19(16-11-15(30-3)9-10-17(16)31-4)27-22(24-12)25-21(26-27)13-5-7-14(29-2)8-6-13/h5-11,19H,1-4H3,(H2,23,28)(H,24,25,26)/t19-/m0/s1. The molecule has 9 nitrogen and oxygen atoms in total. The smallest absolute Gasteiger partial charge is 0.248 e. The Hall–Kier alpha value is -4.01. The summed E-state index contributed by atoms with van der Waals surface area (Å²) in [5, 5.41) is 7.84. The van der Waals surface area contributed by atoms with Crippen molar-refractivity contribution < 1.29 is 19.0 Å². The zero-order valence-corrected chi connectivity index (χ0v) is 17.7. The highest BCUT2D eigenvalue weighted by molar-refractivity contribution is 5.95. The molecule has 0 unspecified atom stereocenters. The van der Waals surface area contributed by atoms with Crippen LogP contribution in [0.4, 0.5) is 5.95 Å². The predicted molar refractivity (Wildman–Crippen MR) is 115 cm³/mol. The third kappa shape index (κ3) is 3.54. The average Bonchev–Trinajstić information content (AvgIpc) is 3.21. The highest BCUT2D eigenvalue weighted by atomic mass is 16.5. The molecule has 160 valence electrons. The molecule has 0 spiro atoms. The van der Waals surface area contributed by atoms with E-state index in [1.807, 2.05) is 30.3 Å². The minimum absolute atomic E-state index is 0.366. The van der Waals surface area contributed by atoms with Crippen molar-refractivity contribution in [3.8, 4) is 28.6 Å². The van der Waals surface area contributed by atoms with Crippen LogP contribution in [0, 0.1) is 0 Å². The number of hydrogen-bond donors (Lipinski definition) is 2. The van der Waals surface area contributed by atoms with Crippen LogP contribution < -0.4 is 25.3 Å². The van der Waals surface area contributed by atoms with Crippen molar-refractivity contribution in [1.29, 1.82) is 0 Å². The Morgan fingerprint density at radius 3 is 2.32 bits per heavy atom. The fourth-order valence-corrected chi connectivity index (χ4v) is 3.67. The van der Waals surface area contributed by atoms with Crippen LogP contribution >= 0.6 is 0 Å². The van der Waals surface area contributed by atoms with Gasteiger partial charge < -0.3 is 25.3 Å². The van der Waals surface area contributed by atoms with Gasteiger partial charge in [-0.2, -0.15) is 4.98 Å². The zero-order valence-electron chi connectivity index (χ0n) is 17.7. The highest BCUT2D eigenvalue weighted by Gasteiger charge is 2.35. The van der Waals surface area contributed by atoms with E-state index in [-0.39, 0.29) is 0 Å². The molecule has 0 radical (unpaired) electrons. The number of nitrogens with two attached hydrogens (primary N) is 1. The second-order valence-electron chi connectivity index (χ2n) is 6.97. The highest BCUT2D eigenvalue weighted by Crippen LogP contribution is 2.41. The third-order valence-electron chi connectivity index (χ3n) is 5.20. The van der Waals surface area contributed by atoms with Crippen molar-refractivity contribution in [3.05, 3.63) is 59.3 Å². The van der Waals surface area contributed by atoms with Gasteiger partial charge in [-0.15, -0.1) is 5.10 Å². The molecule has 0 aliphatic carbocycles. The van der Waals surface area contributed by atoms with Crippen LogP contribution in [0.3, 0.4) is 0 Å². The molecule has 1 amide bonds. The lowest BCUT2D eigenvalue weighted by molar-refractivity contribution is -0.115. The summed E-state index contributed by atoms with van der Waals surface area (Å²) in [6.07, 6.45) is 0. The van der Waals surface area contributed by atoms with Gasteiger partial charge >= 0.3 is 0 Å². The van der Waals surface area contributed by atoms with Crippen molar-refractivity contribution >= 4 is 11.9 Å². The van der Waals surface area contributed by atoms with Crippen molar-refractivity contribution in [2.24, 2.45) is 5.73 Å². The van der Waals surface area contributed by atoms with E-state index in [1.165, 1.54) is 0 Å². The SMILES string of the molecule is COc1ccc(-c2nc3n(n2)[C@@H](c2cc(OC)ccc2OC)C(C(N)=O)=C(C)N3)cc1. The Bertz CT molecular complexity index is 1170. The van der Waals surface area contributed by atoms with Gasteiger partial charge in [-0.05, 0) is 49.4 Å². The summed E-state index contributed by atoms with van der Waals surface area (Å²) < 4.78 is 17.8. The van der Waals surface area contributed by atoms with Crippen molar-refractivity contribution in [2.45, 2.75) is 13.0 Å². The van der Waals surface area contributed by atoms with E-state index >= 15 is 0 Å². The molecule has 2 heterocycles. The van der Waals surface area contributed by atoms with E-state index in [4.69, 9.17) is 25.0 Å². The first-order chi connectivity index (χ1) is 15.0. The Morgan fingerprint density at radius 1 is 1.03 bits per heavy atom. The molecule has 1 atom stereocenters. The number of ether oxygens (including phenoxy) is 3. The largest absolute Gasteiger partial charge is 0.497 e. The monoisotopic (exact) mass is 421 g/mol. The first-order valence-electron chi connectivity index (χ1n) is 9.57. The number of amides is 1. The molecule has 4 rings (SSSR count). The number of allylic oxidation sites excluding steroid dienone is 1. The maximum atomic E-state index is 12.4. The Morgan fingerprint density at radius 2 is 1.71 bits per heavy atom. The fraction of sp³-hybridized carbons (Fsp3) is 0.227. The summed E-state index contributed by atoms with van der Waals surface area (Å²) in [6.45, 7) is 1.78. The maximum Gasteiger partial charge on any atom is 0.248 e. The van der Waals surface area contributed by atoms with E-state index in [1.54, 1.807) is 45.1 Å². The number of primary amides is 1. The number of rotatable bonds is 6. The molecule has 0 fully saturated rings. The minimum Gasteiger partial charge on any atom is -0.497 e. The average molecular weight is 421 g/mol. The number of methoxy groups -OCH3 is 3. The van der Waals surface area contributed by atoms with Crippen molar-refractivity contribution in [2.75, 3.05) is 26.6 Å². The van der Waals surface area contributed by atoms with Crippen LogP contribution in [-0.2, 0) is 4.79 Å². The Labute approximate surface area is 179 Å². The van der Waals surface area contributed by atoms with Crippen LogP contribution in [0.15, 0.2) is 53.7 Å². The predicted octanol–water partition coefficient (Wildman–Crippen LogP) is 2.75. The zero-order chi connectivity index (χ0) is 22.1. The van der Waals surface area contributed by atoms with E-state index in [9.17, 15) is 4.79 Å². The van der Waals surface area contributed by atoms with Gasteiger partial charge in [0, 0.05) is 16.8 Å². The molecular formula is C22H23N5O4. The van der Waals surface area contributed by atoms with E-state index in [2.05, 4.69) is 10.3 Å². The van der Waals surface area contributed by atoms with Crippen molar-refractivity contribution in [3.63, 3.8) is 0 Å². The third-order valence-corrected chi connectivity index (χ3v) is 5.20. The second-order valence-corrected chi connectivity index (χ2v) is 6.97. The molecular weight excluding hydrogens is 398 g/mol. The van der Waals surface area contributed by atoms with Gasteiger partial charge in [0.1, 0.15) is 23.3 Å². The number of anilines is 1. The summed E-state index contributed by atoms with van der Waals surface area (Å²) >= 11 is 0. The van der Waals surface area contributed by atoms with Gasteiger partial charge in [-0.3, -0.25) is 4.79 Å². The number of nitrogens with zero attached hydrogens (tertiary/aromatic N) is 3. The molecule has 2 aromatic carbocycles. The van der Waals surface area contributed by atoms with Gasteiger partial charge in [0.2, 0.25) is 11.9 Å². The fourth-order valence-electron chi connectivity index (χ4n) is 3.67. The lowest BCUT2D eigenvalue weighted by atomic mass is 9.94. The van der Waals surface area contributed by atoms with Gasteiger partial charge in [0.15, 0.2) is 5.82 Å². The molecule has 0 bridgehead atoms. The number of aromatic nitrogens is 3. The number of carbonyl (C=O) groups is 1. The number of carbonyl (C=O) groups excluding carboxylic acids is 1. The van der Waals surface area contributed by atoms with Crippen LogP contribution in [0.1, 0.15) is 18.5 Å². The minimum atomic E-state index is -0.640. The van der Waals surface area contributed by atoms with Gasteiger partial charge in [0.25, 0.3) is 0 Å². The molecule has 1 aromatic heterocycles. The summed E-state index contributed by atoms with van der Waals surface area (Å²) in [5.74, 6) is 2.35. The summed E-state index contributed by atoms with van der Waals surface area (Å²) in [4.78, 5) is 17.1. The molecule has 3 N–H and O–H groups in total. The topological polar surface area (TPSA) is 114 Å². The molecule has 3 aromatic rings. The van der Waals surface area contributed by atoms with E-state index < -0.39 is 11.9 Å². The Kier molecular flexibility index (Phi) is 5.24. The number of fused-ring (bicyclic) bond motifs is 1. The lowest BCUT2D eigenvalue weighted by Gasteiger charge is -2.28. The van der Waals surface area contributed by atoms with Crippen LogP contribution in [-0.4, -0.2) is 42.0 Å². The number of hydrogen-bond acceptors (Lipinski definition) is 7. The molecule has 0 saturated carbocycles. The number of nitrogens with one attached hydrogen (secondary N) is 1. The normalized spacial score (nSPS) is 15.2. The molecule has 31 heavy (non-hydrogen) atoms. The summed E-state index contributed by atoms with van der Waals surface area (Å²) in [5.41, 5.74) is 8.23.